The first-order valence-electron chi connectivity index (χ1n) is 12.1. The molecule has 4 heteroatoms. The highest BCUT2D eigenvalue weighted by Gasteiger charge is 2.48. The van der Waals surface area contributed by atoms with Gasteiger partial charge in [-0.3, -0.25) is 9.59 Å². The number of aliphatic hydroxyl groups is 1. The lowest BCUT2D eigenvalue weighted by Gasteiger charge is -2.37. The van der Waals surface area contributed by atoms with Crippen molar-refractivity contribution in [2.75, 3.05) is 0 Å². The molecular formula is C28H33NO3. The fourth-order valence-electron chi connectivity index (χ4n) is 6.05. The van der Waals surface area contributed by atoms with Gasteiger partial charge in [0.1, 0.15) is 5.78 Å². The Labute approximate surface area is 190 Å². The van der Waals surface area contributed by atoms with Crippen LogP contribution in [0.15, 0.2) is 36.4 Å². The van der Waals surface area contributed by atoms with Gasteiger partial charge in [0.2, 0.25) is 0 Å². The van der Waals surface area contributed by atoms with E-state index in [0.29, 0.717) is 31.1 Å². The molecule has 2 aliphatic carbocycles. The summed E-state index contributed by atoms with van der Waals surface area (Å²) in [6.45, 7) is 6.38. The molecule has 2 aromatic carbocycles. The van der Waals surface area contributed by atoms with Gasteiger partial charge in [-0.15, -0.1) is 0 Å². The van der Waals surface area contributed by atoms with Crippen molar-refractivity contribution < 1.29 is 14.7 Å². The fraction of sp³-hybridized carbons (Fsp3) is 0.500. The first-order valence-corrected chi connectivity index (χ1v) is 12.1. The zero-order chi connectivity index (χ0) is 22.6. The normalized spacial score (nSPS) is 21.5. The summed E-state index contributed by atoms with van der Waals surface area (Å²) >= 11 is 0. The highest BCUT2D eigenvalue weighted by molar-refractivity contribution is 6.05. The lowest BCUT2D eigenvalue weighted by molar-refractivity contribution is -0.119. The number of ketones is 1. The molecule has 5 rings (SSSR count). The monoisotopic (exact) mass is 431 g/mol. The zero-order valence-corrected chi connectivity index (χ0v) is 19.4. The Morgan fingerprint density at radius 2 is 1.91 bits per heavy atom. The summed E-state index contributed by atoms with van der Waals surface area (Å²) in [7, 11) is 0. The van der Waals surface area contributed by atoms with Crippen molar-refractivity contribution in [3.05, 3.63) is 58.7 Å². The SMILES string of the molecule is CCCC1CC(=O)Cc2ccc(-c3cccc4c3C(=O)N([C@H](C3CC3)C(C)(C)O)C4)cc21. The molecule has 1 heterocycles. The van der Waals surface area contributed by atoms with E-state index < -0.39 is 5.60 Å². The predicted octanol–water partition coefficient (Wildman–Crippen LogP) is 5.26. The Morgan fingerprint density at radius 1 is 1.12 bits per heavy atom. The molecule has 3 aliphatic rings. The number of hydrogen-bond acceptors (Lipinski definition) is 3. The highest BCUT2D eigenvalue weighted by atomic mass is 16.3. The number of benzene rings is 2. The molecule has 4 nitrogen and oxygen atoms in total. The molecule has 1 unspecified atom stereocenters. The number of nitrogens with zero attached hydrogens (tertiary/aromatic N) is 1. The van der Waals surface area contributed by atoms with Crippen molar-refractivity contribution in [2.45, 2.75) is 83.4 Å². The largest absolute Gasteiger partial charge is 0.388 e. The summed E-state index contributed by atoms with van der Waals surface area (Å²) in [6, 6.07) is 12.3. The van der Waals surface area contributed by atoms with Gasteiger partial charge in [-0.1, -0.05) is 49.7 Å². The average Bonchev–Trinajstić information content (AvgIpc) is 3.50. The standard InChI is InChI=1S/C28H33NO3/c1-4-6-18-13-22(30)14-19-11-12-20(15-24(18)19)23-8-5-7-21-16-29(27(31)25(21)23)26(17-9-10-17)28(2,3)32/h5,7-8,11-12,15,17-18,26,32H,4,6,9-10,13-14,16H2,1-3H3/t18?,26-/m1/s1. The third-order valence-electron chi connectivity index (χ3n) is 7.49. The molecule has 1 saturated carbocycles. The van der Waals surface area contributed by atoms with Gasteiger partial charge < -0.3 is 10.0 Å². The van der Waals surface area contributed by atoms with Crippen LogP contribution in [-0.4, -0.2) is 33.3 Å². The Kier molecular flexibility index (Phi) is 5.24. The van der Waals surface area contributed by atoms with Gasteiger partial charge in [-0.2, -0.15) is 0 Å². The smallest absolute Gasteiger partial charge is 0.255 e. The minimum Gasteiger partial charge on any atom is -0.388 e. The topological polar surface area (TPSA) is 57.6 Å². The molecule has 0 aromatic heterocycles. The Hall–Kier alpha value is -2.46. The summed E-state index contributed by atoms with van der Waals surface area (Å²) < 4.78 is 0. The molecule has 168 valence electrons. The Balaban J connectivity index is 1.54. The van der Waals surface area contributed by atoms with Gasteiger partial charge in [0.05, 0.1) is 17.2 Å². The number of Topliss-reactive ketones (excluding diaryl/α,β-unsaturated/α-hetero) is 1. The van der Waals surface area contributed by atoms with Crippen molar-refractivity contribution >= 4 is 11.7 Å². The van der Waals surface area contributed by atoms with Gasteiger partial charge in [0, 0.05) is 19.4 Å². The first-order chi connectivity index (χ1) is 15.3. The van der Waals surface area contributed by atoms with Gasteiger partial charge in [0.25, 0.3) is 5.91 Å². The maximum Gasteiger partial charge on any atom is 0.255 e. The number of fused-ring (bicyclic) bond motifs is 2. The number of carbonyl (C=O) groups is 2. The average molecular weight is 432 g/mol. The number of amides is 1. The number of carbonyl (C=O) groups excluding carboxylic acids is 2. The molecule has 32 heavy (non-hydrogen) atoms. The van der Waals surface area contributed by atoms with Gasteiger partial charge in [-0.25, -0.2) is 0 Å². The second-order valence-electron chi connectivity index (χ2n) is 10.5. The molecule has 2 atom stereocenters. The van der Waals surface area contributed by atoms with E-state index in [4.69, 9.17) is 0 Å². The lowest BCUT2D eigenvalue weighted by Crippen LogP contribution is -2.51. The van der Waals surface area contributed by atoms with Gasteiger partial charge >= 0.3 is 0 Å². The first kappa shape index (κ1) is 21.4. The molecule has 0 spiro atoms. The summed E-state index contributed by atoms with van der Waals surface area (Å²) in [5.41, 5.74) is 5.33. The molecule has 1 fully saturated rings. The Bertz CT molecular complexity index is 1080. The van der Waals surface area contributed by atoms with Crippen molar-refractivity contribution in [1.82, 2.24) is 4.90 Å². The van der Waals surface area contributed by atoms with Crippen LogP contribution >= 0.6 is 0 Å². The quantitative estimate of drug-likeness (QED) is 0.679. The minimum absolute atomic E-state index is 0.0348. The zero-order valence-electron chi connectivity index (χ0n) is 19.4. The molecule has 0 radical (unpaired) electrons. The molecule has 1 N–H and O–H groups in total. The molecule has 1 amide bonds. The van der Waals surface area contributed by atoms with Crippen LogP contribution in [0.1, 0.15) is 85.8 Å². The van der Waals surface area contributed by atoms with Crippen molar-refractivity contribution in [3.8, 4) is 11.1 Å². The minimum atomic E-state index is -0.926. The van der Waals surface area contributed by atoms with Crippen LogP contribution in [0.3, 0.4) is 0 Å². The second-order valence-corrected chi connectivity index (χ2v) is 10.5. The van der Waals surface area contributed by atoms with Crippen LogP contribution < -0.4 is 0 Å². The predicted molar refractivity (Wildman–Crippen MR) is 126 cm³/mol. The maximum atomic E-state index is 13.7. The fourth-order valence-corrected chi connectivity index (χ4v) is 6.05. The third kappa shape index (κ3) is 3.69. The number of hydrogen-bond donors (Lipinski definition) is 1. The van der Waals surface area contributed by atoms with Crippen LogP contribution in [0, 0.1) is 5.92 Å². The molecule has 2 aromatic rings. The summed E-state index contributed by atoms with van der Waals surface area (Å²) in [4.78, 5) is 27.8. The Morgan fingerprint density at radius 3 is 2.59 bits per heavy atom. The number of rotatable bonds is 6. The van der Waals surface area contributed by atoms with Crippen molar-refractivity contribution in [3.63, 3.8) is 0 Å². The maximum absolute atomic E-state index is 13.7. The summed E-state index contributed by atoms with van der Waals surface area (Å²) in [6.07, 6.45) is 5.35. The van der Waals surface area contributed by atoms with Gasteiger partial charge in [0.15, 0.2) is 0 Å². The van der Waals surface area contributed by atoms with E-state index in [-0.39, 0.29) is 17.9 Å². The summed E-state index contributed by atoms with van der Waals surface area (Å²) in [5.74, 6) is 1.02. The van der Waals surface area contributed by atoms with Crippen LogP contribution in [0.4, 0.5) is 0 Å². The molecule has 1 aliphatic heterocycles. The molecular weight excluding hydrogens is 398 g/mol. The molecule has 0 saturated heterocycles. The molecule has 0 bridgehead atoms. The van der Waals surface area contributed by atoms with E-state index in [1.807, 2.05) is 36.9 Å². The highest BCUT2D eigenvalue weighted by Crippen LogP contribution is 2.44. The van der Waals surface area contributed by atoms with E-state index in [1.54, 1.807) is 0 Å². The van der Waals surface area contributed by atoms with Crippen molar-refractivity contribution in [1.29, 1.82) is 0 Å². The van der Waals surface area contributed by atoms with Crippen LogP contribution in [-0.2, 0) is 17.8 Å². The van der Waals surface area contributed by atoms with Crippen LogP contribution in [0.5, 0.6) is 0 Å². The van der Waals surface area contributed by atoms with Gasteiger partial charge in [-0.05, 0) is 72.8 Å². The van der Waals surface area contributed by atoms with Crippen LogP contribution in [0.25, 0.3) is 11.1 Å². The lowest BCUT2D eigenvalue weighted by atomic mass is 9.78. The van der Waals surface area contributed by atoms with E-state index in [0.717, 1.165) is 53.5 Å². The van der Waals surface area contributed by atoms with Crippen molar-refractivity contribution in [2.24, 2.45) is 5.92 Å². The van der Waals surface area contributed by atoms with Crippen LogP contribution in [0.2, 0.25) is 0 Å². The van der Waals surface area contributed by atoms with E-state index in [1.165, 1.54) is 5.56 Å². The van der Waals surface area contributed by atoms with E-state index in [9.17, 15) is 14.7 Å². The second kappa shape index (κ2) is 7.84. The van der Waals surface area contributed by atoms with E-state index >= 15 is 0 Å². The van der Waals surface area contributed by atoms with E-state index in [2.05, 4.69) is 25.1 Å². The summed E-state index contributed by atoms with van der Waals surface area (Å²) in [5, 5.41) is 10.8. The third-order valence-corrected chi connectivity index (χ3v) is 7.49.